The van der Waals surface area contributed by atoms with E-state index in [1.807, 2.05) is 30.3 Å². The second-order valence-corrected chi connectivity index (χ2v) is 9.10. The van der Waals surface area contributed by atoms with E-state index in [-0.39, 0.29) is 42.7 Å². The minimum atomic E-state index is -4.92. The van der Waals surface area contributed by atoms with Gasteiger partial charge in [-0.05, 0) is 54.3 Å². The molecule has 0 spiro atoms. The van der Waals surface area contributed by atoms with Crippen LogP contribution in [-0.2, 0) is 23.7 Å². The molecule has 0 bridgehead atoms. The van der Waals surface area contributed by atoms with Crippen molar-refractivity contribution in [2.24, 2.45) is 0 Å². The van der Waals surface area contributed by atoms with Gasteiger partial charge >= 0.3 is 12.4 Å². The Hall–Kier alpha value is -2.82. The molecule has 2 heterocycles. The summed E-state index contributed by atoms with van der Waals surface area (Å²) in [5.41, 5.74) is -1.09. The minimum Gasteiger partial charge on any atom is -0.619 e. The van der Waals surface area contributed by atoms with Crippen molar-refractivity contribution in [3.05, 3.63) is 106 Å². The highest BCUT2D eigenvalue weighted by Crippen LogP contribution is 2.39. The van der Waals surface area contributed by atoms with E-state index in [1.54, 1.807) is 12.1 Å². The fourth-order valence-corrected chi connectivity index (χ4v) is 4.78. The van der Waals surface area contributed by atoms with Crippen LogP contribution in [0, 0.1) is 5.21 Å². The van der Waals surface area contributed by atoms with Crippen molar-refractivity contribution in [1.29, 1.82) is 0 Å². The van der Waals surface area contributed by atoms with Gasteiger partial charge in [0.15, 0.2) is 12.4 Å². The Morgan fingerprint density at radius 3 is 2.08 bits per heavy atom. The van der Waals surface area contributed by atoms with E-state index < -0.39 is 30.1 Å². The lowest BCUT2D eigenvalue weighted by Crippen LogP contribution is -2.39. The number of hydrogen-bond donors (Lipinski definition) is 0. The smallest absolute Gasteiger partial charge is 0.416 e. The van der Waals surface area contributed by atoms with Crippen LogP contribution >= 0.6 is 12.4 Å². The highest BCUT2D eigenvalue weighted by atomic mass is 35.5. The number of aromatic nitrogens is 1. The summed E-state index contributed by atoms with van der Waals surface area (Å²) < 4.78 is 85.9. The van der Waals surface area contributed by atoms with Gasteiger partial charge in [0.1, 0.15) is 0 Å². The molecular weight excluding hydrogens is 534 g/mol. The maximum atomic E-state index is 13.2. The molecule has 206 valence electrons. The van der Waals surface area contributed by atoms with E-state index in [0.29, 0.717) is 16.9 Å². The van der Waals surface area contributed by atoms with E-state index >= 15 is 0 Å². The molecule has 1 aliphatic rings. The molecule has 0 N–H and O–H groups in total. The van der Waals surface area contributed by atoms with Crippen molar-refractivity contribution >= 4 is 12.4 Å². The number of benzene rings is 2. The summed E-state index contributed by atoms with van der Waals surface area (Å²) in [7, 11) is 0. The fourth-order valence-electron chi connectivity index (χ4n) is 4.78. The molecule has 0 amide bonds. The van der Waals surface area contributed by atoms with Gasteiger partial charge in [-0.1, -0.05) is 36.8 Å². The van der Waals surface area contributed by atoms with E-state index in [0.717, 1.165) is 36.9 Å². The molecule has 1 aromatic heterocycles. The molecule has 1 fully saturated rings. The average Bonchev–Trinajstić information content (AvgIpc) is 2.87. The SMILES string of the molecule is Cl.[O-][n+]1ccc(C(COCc2cc(C(F)(F)F)cc(C(F)(F)F)c2)N2CCCC[C@H]2c2ccccc2)cc1. The zero-order chi connectivity index (χ0) is 26.6. The van der Waals surface area contributed by atoms with E-state index in [9.17, 15) is 31.5 Å². The number of pyridine rings is 1. The predicted molar refractivity (Wildman–Crippen MR) is 131 cm³/mol. The maximum absolute atomic E-state index is 13.2. The molecule has 4 rings (SSSR count). The van der Waals surface area contributed by atoms with Crippen LogP contribution in [0.1, 0.15) is 59.2 Å². The van der Waals surface area contributed by atoms with Gasteiger partial charge in [-0.2, -0.15) is 31.1 Å². The summed E-state index contributed by atoms with van der Waals surface area (Å²) >= 11 is 0. The highest BCUT2D eigenvalue weighted by Gasteiger charge is 2.37. The molecule has 11 heteroatoms. The van der Waals surface area contributed by atoms with Crippen molar-refractivity contribution in [1.82, 2.24) is 4.90 Å². The molecule has 0 radical (unpaired) electrons. The van der Waals surface area contributed by atoms with Crippen molar-refractivity contribution < 1.29 is 35.8 Å². The summed E-state index contributed by atoms with van der Waals surface area (Å²) in [6.07, 6.45) is -4.31. The number of nitrogens with zero attached hydrogens (tertiary/aromatic N) is 2. The first kappa shape index (κ1) is 29.7. The van der Waals surface area contributed by atoms with Gasteiger partial charge in [0, 0.05) is 18.2 Å². The van der Waals surface area contributed by atoms with Crippen LogP contribution in [0.25, 0.3) is 0 Å². The quantitative estimate of drug-likeness (QED) is 0.173. The van der Waals surface area contributed by atoms with Crippen molar-refractivity contribution in [2.75, 3.05) is 13.2 Å². The van der Waals surface area contributed by atoms with Gasteiger partial charge in [-0.15, -0.1) is 12.4 Å². The first-order chi connectivity index (χ1) is 17.5. The van der Waals surface area contributed by atoms with Crippen LogP contribution in [0.5, 0.6) is 0 Å². The highest BCUT2D eigenvalue weighted by molar-refractivity contribution is 5.85. The number of ether oxygens (including phenoxy) is 1. The summed E-state index contributed by atoms with van der Waals surface area (Å²) in [6, 6.07) is 14.3. The molecule has 0 aliphatic carbocycles. The van der Waals surface area contributed by atoms with Crippen LogP contribution in [0.4, 0.5) is 26.3 Å². The largest absolute Gasteiger partial charge is 0.619 e. The molecule has 4 nitrogen and oxygen atoms in total. The van der Waals surface area contributed by atoms with E-state index in [1.165, 1.54) is 12.4 Å². The Morgan fingerprint density at radius 1 is 0.895 bits per heavy atom. The Morgan fingerprint density at radius 2 is 1.50 bits per heavy atom. The Bertz CT molecular complexity index is 1140. The van der Waals surface area contributed by atoms with Crippen molar-refractivity contribution in [3.63, 3.8) is 0 Å². The lowest BCUT2D eigenvalue weighted by Gasteiger charge is -2.41. The number of likely N-dealkylation sites (tertiary alicyclic amines) is 1. The van der Waals surface area contributed by atoms with Gasteiger partial charge in [0.05, 0.1) is 30.4 Å². The molecule has 1 aliphatic heterocycles. The first-order valence-electron chi connectivity index (χ1n) is 11.9. The van der Waals surface area contributed by atoms with Crippen LogP contribution < -0.4 is 4.73 Å². The molecule has 1 unspecified atom stereocenters. The zero-order valence-corrected chi connectivity index (χ0v) is 21.0. The minimum absolute atomic E-state index is 0. The third kappa shape index (κ3) is 7.39. The van der Waals surface area contributed by atoms with Gasteiger partial charge in [-0.25, -0.2) is 0 Å². The van der Waals surface area contributed by atoms with E-state index in [4.69, 9.17) is 4.74 Å². The number of hydrogen-bond acceptors (Lipinski definition) is 3. The number of alkyl halides is 6. The number of halogens is 7. The van der Waals surface area contributed by atoms with Crippen LogP contribution in [0.3, 0.4) is 0 Å². The predicted octanol–water partition coefficient (Wildman–Crippen LogP) is 7.26. The second kappa shape index (κ2) is 12.4. The summed E-state index contributed by atoms with van der Waals surface area (Å²) in [6.45, 7) is 0.313. The lowest BCUT2D eigenvalue weighted by molar-refractivity contribution is -0.605. The van der Waals surface area contributed by atoms with Gasteiger partial charge in [0.25, 0.3) is 0 Å². The third-order valence-corrected chi connectivity index (χ3v) is 6.53. The van der Waals surface area contributed by atoms with Gasteiger partial charge in [0.2, 0.25) is 0 Å². The summed E-state index contributed by atoms with van der Waals surface area (Å²) in [5.74, 6) is 0. The second-order valence-electron chi connectivity index (χ2n) is 9.10. The number of rotatable bonds is 7. The Kier molecular flexibility index (Phi) is 9.67. The van der Waals surface area contributed by atoms with Crippen LogP contribution in [0.15, 0.2) is 73.1 Å². The summed E-state index contributed by atoms with van der Waals surface area (Å²) in [5, 5.41) is 11.6. The monoisotopic (exact) mass is 560 g/mol. The summed E-state index contributed by atoms with van der Waals surface area (Å²) in [4.78, 5) is 2.23. The molecule has 38 heavy (non-hydrogen) atoms. The number of piperidine rings is 1. The molecule has 3 aromatic rings. The Balaban J connectivity index is 0.00000400. The van der Waals surface area contributed by atoms with Crippen LogP contribution in [-0.4, -0.2) is 18.1 Å². The zero-order valence-electron chi connectivity index (χ0n) is 20.2. The van der Waals surface area contributed by atoms with E-state index in [2.05, 4.69) is 4.90 Å². The van der Waals surface area contributed by atoms with Crippen LogP contribution in [0.2, 0.25) is 0 Å². The fraction of sp³-hybridized carbons (Fsp3) is 0.370. The van der Waals surface area contributed by atoms with Crippen molar-refractivity contribution in [2.45, 2.75) is 50.3 Å². The maximum Gasteiger partial charge on any atom is 0.416 e. The lowest BCUT2D eigenvalue weighted by atomic mass is 9.92. The topological polar surface area (TPSA) is 39.4 Å². The molecule has 0 saturated carbocycles. The van der Waals surface area contributed by atoms with Gasteiger partial charge < -0.3 is 9.94 Å². The molecular formula is C27H27ClF6N2O2. The first-order valence-corrected chi connectivity index (χ1v) is 11.9. The average molecular weight is 561 g/mol. The standard InChI is InChI=1S/C27H26F6N2O2.ClH/c28-26(29,30)22-14-19(15-23(16-22)27(31,32)33)17-37-18-25(21-9-12-34(36)13-10-21)35-11-5-4-8-24(35)20-6-2-1-3-7-20;/h1-3,6-7,9-10,12-16,24-25H,4-5,8,11,17-18H2;1H/t24-,25?;/m0./s1. The molecule has 1 saturated heterocycles. The molecule has 2 atom stereocenters. The normalized spacial score (nSPS) is 17.6. The molecule has 2 aromatic carbocycles. The van der Waals surface area contributed by atoms with Gasteiger partial charge in [-0.3, -0.25) is 4.90 Å². The third-order valence-electron chi connectivity index (χ3n) is 6.53. The Labute approximate surface area is 222 Å². The van der Waals surface area contributed by atoms with Crippen molar-refractivity contribution in [3.8, 4) is 0 Å².